The molecule has 0 saturated heterocycles. The van der Waals surface area contributed by atoms with Gasteiger partial charge in [-0.2, -0.15) is 0 Å². The van der Waals surface area contributed by atoms with Crippen LogP contribution in [-0.2, 0) is 0 Å². The first-order valence-corrected chi connectivity index (χ1v) is 10.0. The molecule has 1 aliphatic heterocycles. The van der Waals surface area contributed by atoms with Gasteiger partial charge in [0.15, 0.2) is 11.5 Å². The van der Waals surface area contributed by atoms with Gasteiger partial charge in [0.1, 0.15) is 0 Å². The van der Waals surface area contributed by atoms with Gasteiger partial charge in [0, 0.05) is 11.5 Å². The van der Waals surface area contributed by atoms with Gasteiger partial charge >= 0.3 is 0 Å². The van der Waals surface area contributed by atoms with E-state index in [4.69, 9.17) is 49.0 Å². The minimum atomic E-state index is -0.00375. The number of methoxy groups -OCH3 is 3. The molecular formula is C21H20Cl3NO3. The molecule has 148 valence electrons. The number of rotatable bonds is 4. The zero-order valence-electron chi connectivity index (χ0n) is 15.7. The second kappa shape index (κ2) is 7.58. The molecule has 1 aliphatic carbocycles. The summed E-state index contributed by atoms with van der Waals surface area (Å²) in [4.78, 5) is 0. The van der Waals surface area contributed by atoms with E-state index in [1.807, 2.05) is 12.1 Å². The highest BCUT2D eigenvalue weighted by atomic mass is 35.5. The molecule has 1 N–H and O–H groups in total. The molecule has 0 aromatic heterocycles. The summed E-state index contributed by atoms with van der Waals surface area (Å²) in [6, 6.07) is 5.63. The number of benzene rings is 2. The maximum absolute atomic E-state index is 6.56. The van der Waals surface area contributed by atoms with Gasteiger partial charge in [0.05, 0.1) is 48.1 Å². The number of nitrogens with one attached hydrogen (secondary N) is 1. The Balaban J connectivity index is 1.86. The van der Waals surface area contributed by atoms with Crippen molar-refractivity contribution in [3.63, 3.8) is 0 Å². The predicted octanol–water partition coefficient (Wildman–Crippen LogP) is 6.50. The van der Waals surface area contributed by atoms with Gasteiger partial charge in [-0.3, -0.25) is 0 Å². The lowest BCUT2D eigenvalue weighted by atomic mass is 9.77. The van der Waals surface area contributed by atoms with Gasteiger partial charge in [-0.05, 0) is 36.1 Å². The maximum atomic E-state index is 6.56. The van der Waals surface area contributed by atoms with Crippen LogP contribution in [0.15, 0.2) is 30.4 Å². The number of hydrogen-bond acceptors (Lipinski definition) is 4. The van der Waals surface area contributed by atoms with E-state index in [2.05, 4.69) is 17.5 Å². The third-order valence-electron chi connectivity index (χ3n) is 5.53. The Morgan fingerprint density at radius 1 is 0.929 bits per heavy atom. The molecule has 0 fully saturated rings. The Bertz CT molecular complexity index is 935. The van der Waals surface area contributed by atoms with Crippen molar-refractivity contribution in [3.8, 4) is 17.2 Å². The highest BCUT2D eigenvalue weighted by Gasteiger charge is 2.41. The Labute approximate surface area is 179 Å². The Morgan fingerprint density at radius 3 is 2.21 bits per heavy atom. The number of ether oxygens (including phenoxy) is 3. The van der Waals surface area contributed by atoms with E-state index >= 15 is 0 Å². The van der Waals surface area contributed by atoms with E-state index in [-0.39, 0.29) is 17.9 Å². The van der Waals surface area contributed by atoms with Gasteiger partial charge < -0.3 is 19.5 Å². The minimum absolute atomic E-state index is 0.00375. The highest BCUT2D eigenvalue weighted by Crippen LogP contribution is 2.56. The van der Waals surface area contributed by atoms with Crippen LogP contribution in [0.5, 0.6) is 17.2 Å². The summed E-state index contributed by atoms with van der Waals surface area (Å²) in [5, 5.41) is 5.17. The number of hydrogen-bond donors (Lipinski definition) is 1. The molecule has 3 atom stereocenters. The summed E-state index contributed by atoms with van der Waals surface area (Å²) in [6.45, 7) is 0. The zero-order valence-corrected chi connectivity index (χ0v) is 18.0. The predicted molar refractivity (Wildman–Crippen MR) is 114 cm³/mol. The molecule has 2 aromatic carbocycles. The summed E-state index contributed by atoms with van der Waals surface area (Å²) < 4.78 is 16.5. The van der Waals surface area contributed by atoms with Crippen molar-refractivity contribution in [2.45, 2.75) is 18.4 Å². The lowest BCUT2D eigenvalue weighted by molar-refractivity contribution is 0.322. The molecule has 0 unspecified atom stereocenters. The van der Waals surface area contributed by atoms with Gasteiger partial charge in [-0.1, -0.05) is 47.0 Å². The van der Waals surface area contributed by atoms with Crippen molar-refractivity contribution in [2.24, 2.45) is 5.92 Å². The molecule has 0 amide bonds. The van der Waals surface area contributed by atoms with E-state index in [0.29, 0.717) is 32.3 Å². The van der Waals surface area contributed by atoms with Gasteiger partial charge in [0.25, 0.3) is 0 Å². The molecule has 1 heterocycles. The fourth-order valence-corrected chi connectivity index (χ4v) is 5.08. The molecule has 4 rings (SSSR count). The molecule has 0 bridgehead atoms. The van der Waals surface area contributed by atoms with E-state index < -0.39 is 0 Å². The van der Waals surface area contributed by atoms with Crippen molar-refractivity contribution in [1.82, 2.24) is 0 Å². The maximum Gasteiger partial charge on any atom is 0.203 e. The largest absolute Gasteiger partial charge is 0.493 e. The number of allylic oxidation sites excluding steroid dienone is 2. The van der Waals surface area contributed by atoms with Crippen LogP contribution in [0, 0.1) is 5.92 Å². The summed E-state index contributed by atoms with van der Waals surface area (Å²) in [7, 11) is 4.82. The van der Waals surface area contributed by atoms with Crippen molar-refractivity contribution < 1.29 is 14.2 Å². The monoisotopic (exact) mass is 439 g/mol. The Kier molecular flexibility index (Phi) is 5.30. The van der Waals surface area contributed by atoms with Crippen LogP contribution >= 0.6 is 34.8 Å². The van der Waals surface area contributed by atoms with Crippen LogP contribution in [0.2, 0.25) is 15.1 Å². The summed E-state index contributed by atoms with van der Waals surface area (Å²) in [5.74, 6) is 2.20. The molecule has 2 aromatic rings. The SMILES string of the molecule is COc1cc([C@H]2Nc3c(Cl)cc(Cl)c(Cl)c3[C@H]3C=CC[C@H]32)cc(OC)c1OC. The molecular weight excluding hydrogens is 421 g/mol. The third-order valence-corrected chi connectivity index (χ3v) is 6.63. The van der Waals surface area contributed by atoms with Crippen LogP contribution in [0.1, 0.15) is 29.5 Å². The highest BCUT2D eigenvalue weighted by molar-refractivity contribution is 6.44. The van der Waals surface area contributed by atoms with E-state index in [1.54, 1.807) is 27.4 Å². The lowest BCUT2D eigenvalue weighted by Gasteiger charge is -2.38. The molecule has 28 heavy (non-hydrogen) atoms. The summed E-state index contributed by atoms with van der Waals surface area (Å²) in [5.41, 5.74) is 2.81. The topological polar surface area (TPSA) is 39.7 Å². The molecule has 0 saturated carbocycles. The molecule has 2 aliphatic rings. The number of anilines is 1. The van der Waals surface area contributed by atoms with Gasteiger partial charge in [0.2, 0.25) is 5.75 Å². The average molecular weight is 441 g/mol. The first-order valence-electron chi connectivity index (χ1n) is 8.90. The van der Waals surface area contributed by atoms with Crippen molar-refractivity contribution in [2.75, 3.05) is 26.6 Å². The molecule has 4 nitrogen and oxygen atoms in total. The quantitative estimate of drug-likeness (QED) is 0.435. The zero-order chi connectivity index (χ0) is 20.0. The first-order chi connectivity index (χ1) is 13.5. The normalized spacial score (nSPS) is 22.3. The van der Waals surface area contributed by atoms with Crippen molar-refractivity contribution >= 4 is 40.5 Å². The first kappa shape index (κ1) is 19.6. The van der Waals surface area contributed by atoms with Gasteiger partial charge in [-0.25, -0.2) is 0 Å². The summed E-state index contributed by atoms with van der Waals surface area (Å²) in [6.07, 6.45) is 5.29. The fourth-order valence-electron chi connectivity index (χ4n) is 4.27. The van der Waals surface area contributed by atoms with Gasteiger partial charge in [-0.15, -0.1) is 0 Å². The van der Waals surface area contributed by atoms with Crippen LogP contribution in [-0.4, -0.2) is 21.3 Å². The average Bonchev–Trinajstić information content (AvgIpc) is 3.19. The Morgan fingerprint density at radius 2 is 1.61 bits per heavy atom. The lowest BCUT2D eigenvalue weighted by Crippen LogP contribution is -2.29. The smallest absolute Gasteiger partial charge is 0.203 e. The van der Waals surface area contributed by atoms with Crippen molar-refractivity contribution in [1.29, 1.82) is 0 Å². The van der Waals surface area contributed by atoms with Crippen molar-refractivity contribution in [3.05, 3.63) is 56.5 Å². The number of halogens is 3. The fraction of sp³-hybridized carbons (Fsp3) is 0.333. The third kappa shape index (κ3) is 2.99. The molecule has 0 spiro atoms. The second-order valence-corrected chi connectivity index (χ2v) is 8.07. The minimum Gasteiger partial charge on any atom is -0.493 e. The molecule has 7 heteroatoms. The van der Waals surface area contributed by atoms with E-state index in [1.165, 1.54) is 0 Å². The summed E-state index contributed by atoms with van der Waals surface area (Å²) >= 11 is 19.4. The van der Waals surface area contributed by atoms with Crippen LogP contribution in [0.4, 0.5) is 5.69 Å². The standard InChI is InChI=1S/C21H20Cl3NO3/c1-26-15-7-10(8-16(27-2)21(15)28-3)19-12-6-4-5-11(12)17-18(24)13(22)9-14(23)20(17)25-19/h4-5,7-9,11-12,19,25H,6H2,1-3H3/t11-,12+,19+/m0/s1. The van der Waals surface area contributed by atoms with E-state index in [9.17, 15) is 0 Å². The van der Waals surface area contributed by atoms with Crippen LogP contribution in [0.25, 0.3) is 0 Å². The Hall–Kier alpha value is -1.75. The molecule has 0 radical (unpaired) electrons. The van der Waals surface area contributed by atoms with Crippen LogP contribution < -0.4 is 19.5 Å². The number of fused-ring (bicyclic) bond motifs is 3. The van der Waals surface area contributed by atoms with Crippen LogP contribution in [0.3, 0.4) is 0 Å². The van der Waals surface area contributed by atoms with E-state index in [0.717, 1.165) is 23.2 Å². The second-order valence-electron chi connectivity index (χ2n) is 6.88.